The second-order valence-electron chi connectivity index (χ2n) is 16.4. The quantitative estimate of drug-likeness (QED) is 0.161. The van der Waals surface area contributed by atoms with E-state index in [0.717, 1.165) is 94.4 Å². The average molecular weight is 819 g/mol. The Kier molecular flexibility index (Phi) is 8.18. The molecule has 13 rings (SSSR count). The van der Waals surface area contributed by atoms with Crippen molar-refractivity contribution in [2.45, 2.75) is 0 Å². The van der Waals surface area contributed by atoms with Gasteiger partial charge in [0, 0.05) is 49.4 Å². The number of hydrogen-bond acceptors (Lipinski definition) is 3. The molecule has 3 heterocycles. The fourth-order valence-electron chi connectivity index (χ4n) is 9.95. The largest absolute Gasteiger partial charge is 0.456 e. The Hall–Kier alpha value is -8.60. The van der Waals surface area contributed by atoms with Crippen LogP contribution in [0, 0.1) is 0 Å². The minimum Gasteiger partial charge on any atom is -0.456 e. The zero-order valence-corrected chi connectivity index (χ0v) is 34.7. The van der Waals surface area contributed by atoms with Gasteiger partial charge in [-0.25, -0.2) is 0 Å². The number of nitrogens with zero attached hydrogens (tertiary/aromatic N) is 2. The van der Waals surface area contributed by atoms with Crippen LogP contribution in [0.1, 0.15) is 0 Å². The molecule has 3 aromatic heterocycles. The molecule has 0 aliphatic rings. The summed E-state index contributed by atoms with van der Waals surface area (Å²) in [6, 6.07) is 82.0. The molecule has 4 heteroatoms. The molecule has 64 heavy (non-hydrogen) atoms. The minimum atomic E-state index is 0.841. The molecule has 0 spiro atoms. The maximum absolute atomic E-state index is 7.03. The zero-order chi connectivity index (χ0) is 42.1. The standard InChI is InChI=1S/C60H38N2O2/c1-2-15-39(16-3-1)40-29-33-42(34-30-40)61(43-35-31-41(32-36-43)44-22-14-28-57-58(44)49-20-7-12-26-55(49)63-57)54-38-37-48(60-59(54)50-21-8-13-27-56(50)64-60)47-19-6-11-25-53(47)62-51-23-9-4-17-45(51)46-18-5-10-24-52(46)62/h1-38H. The Morgan fingerprint density at radius 3 is 1.53 bits per heavy atom. The van der Waals surface area contributed by atoms with Crippen molar-refractivity contribution in [3.05, 3.63) is 231 Å². The van der Waals surface area contributed by atoms with E-state index >= 15 is 0 Å². The summed E-state index contributed by atoms with van der Waals surface area (Å²) >= 11 is 0. The normalized spacial score (nSPS) is 11.8. The number of hydrogen-bond donors (Lipinski definition) is 0. The van der Waals surface area contributed by atoms with E-state index in [2.05, 4.69) is 228 Å². The third-order valence-electron chi connectivity index (χ3n) is 12.8. The molecular weight excluding hydrogens is 781 g/mol. The first-order chi connectivity index (χ1) is 31.8. The van der Waals surface area contributed by atoms with Crippen LogP contribution in [0.3, 0.4) is 0 Å². The fourth-order valence-corrected chi connectivity index (χ4v) is 9.95. The van der Waals surface area contributed by atoms with Crippen molar-refractivity contribution in [3.63, 3.8) is 0 Å². The van der Waals surface area contributed by atoms with E-state index in [-0.39, 0.29) is 0 Å². The predicted octanol–water partition coefficient (Wildman–Crippen LogP) is 17.1. The summed E-state index contributed by atoms with van der Waals surface area (Å²) in [4.78, 5) is 2.37. The third-order valence-corrected chi connectivity index (χ3v) is 12.8. The summed E-state index contributed by atoms with van der Waals surface area (Å²) in [5.74, 6) is 0. The maximum atomic E-state index is 7.03. The number of furan rings is 2. The van der Waals surface area contributed by atoms with Crippen LogP contribution in [0.25, 0.3) is 105 Å². The van der Waals surface area contributed by atoms with Crippen molar-refractivity contribution in [2.24, 2.45) is 0 Å². The number of aromatic nitrogens is 1. The van der Waals surface area contributed by atoms with E-state index in [4.69, 9.17) is 8.83 Å². The Bertz CT molecular complexity index is 3840. The summed E-state index contributed by atoms with van der Waals surface area (Å²) in [5.41, 5.74) is 16.7. The van der Waals surface area contributed by atoms with Crippen molar-refractivity contribution in [3.8, 4) is 39.1 Å². The molecule has 0 radical (unpaired) electrons. The van der Waals surface area contributed by atoms with Crippen LogP contribution in [-0.2, 0) is 0 Å². The van der Waals surface area contributed by atoms with Gasteiger partial charge in [0.2, 0.25) is 0 Å². The van der Waals surface area contributed by atoms with Gasteiger partial charge in [0.1, 0.15) is 22.3 Å². The maximum Gasteiger partial charge on any atom is 0.145 e. The van der Waals surface area contributed by atoms with E-state index in [1.165, 1.54) is 27.4 Å². The van der Waals surface area contributed by atoms with E-state index < -0.39 is 0 Å². The predicted molar refractivity (Wildman–Crippen MR) is 266 cm³/mol. The van der Waals surface area contributed by atoms with Crippen LogP contribution in [0.15, 0.2) is 239 Å². The van der Waals surface area contributed by atoms with Gasteiger partial charge in [0.05, 0.1) is 27.8 Å². The van der Waals surface area contributed by atoms with E-state index in [1.54, 1.807) is 0 Å². The van der Waals surface area contributed by atoms with Gasteiger partial charge < -0.3 is 18.3 Å². The smallest absolute Gasteiger partial charge is 0.145 e. The van der Waals surface area contributed by atoms with Crippen molar-refractivity contribution in [2.75, 3.05) is 4.90 Å². The minimum absolute atomic E-state index is 0.841. The van der Waals surface area contributed by atoms with Crippen LogP contribution < -0.4 is 4.90 Å². The topological polar surface area (TPSA) is 34.5 Å². The molecule has 10 aromatic carbocycles. The van der Waals surface area contributed by atoms with E-state index in [0.29, 0.717) is 0 Å². The van der Waals surface area contributed by atoms with Gasteiger partial charge >= 0.3 is 0 Å². The molecule has 0 saturated carbocycles. The highest BCUT2D eigenvalue weighted by Gasteiger charge is 2.24. The van der Waals surface area contributed by atoms with Crippen molar-refractivity contribution in [1.82, 2.24) is 4.57 Å². The highest BCUT2D eigenvalue weighted by atomic mass is 16.3. The van der Waals surface area contributed by atoms with E-state index in [9.17, 15) is 0 Å². The molecule has 0 aliphatic heterocycles. The molecule has 0 fully saturated rings. The van der Waals surface area contributed by atoms with Crippen molar-refractivity contribution in [1.29, 1.82) is 0 Å². The number of para-hydroxylation sites is 5. The summed E-state index contributed by atoms with van der Waals surface area (Å²) in [6.45, 7) is 0. The third kappa shape index (κ3) is 5.63. The Morgan fingerprint density at radius 1 is 0.312 bits per heavy atom. The van der Waals surface area contributed by atoms with Gasteiger partial charge in [-0.15, -0.1) is 0 Å². The van der Waals surface area contributed by atoms with Crippen LogP contribution in [-0.4, -0.2) is 4.57 Å². The second kappa shape index (κ2) is 14.5. The Balaban J connectivity index is 1.02. The second-order valence-corrected chi connectivity index (χ2v) is 16.4. The zero-order valence-electron chi connectivity index (χ0n) is 34.7. The molecule has 0 amide bonds. The monoisotopic (exact) mass is 818 g/mol. The van der Waals surface area contributed by atoms with Gasteiger partial charge in [-0.1, -0.05) is 158 Å². The first-order valence-corrected chi connectivity index (χ1v) is 21.8. The van der Waals surface area contributed by atoms with Crippen molar-refractivity contribution < 1.29 is 8.83 Å². The Morgan fingerprint density at radius 2 is 0.828 bits per heavy atom. The summed E-state index contributed by atoms with van der Waals surface area (Å²) in [6.07, 6.45) is 0. The molecule has 0 bridgehead atoms. The summed E-state index contributed by atoms with van der Waals surface area (Å²) in [7, 11) is 0. The molecule has 0 N–H and O–H groups in total. The first kappa shape index (κ1) is 36.1. The number of anilines is 3. The lowest BCUT2D eigenvalue weighted by molar-refractivity contribution is 0.669. The molecule has 0 atom stereocenters. The van der Waals surface area contributed by atoms with Gasteiger partial charge in [-0.2, -0.15) is 0 Å². The molecular formula is C60H38N2O2. The van der Waals surface area contributed by atoms with Gasteiger partial charge in [0.25, 0.3) is 0 Å². The fraction of sp³-hybridized carbons (Fsp3) is 0. The van der Waals surface area contributed by atoms with Crippen LogP contribution >= 0.6 is 0 Å². The molecule has 0 unspecified atom stereocenters. The summed E-state index contributed by atoms with van der Waals surface area (Å²) < 4.78 is 15.7. The highest BCUT2D eigenvalue weighted by Crippen LogP contribution is 2.48. The lowest BCUT2D eigenvalue weighted by Crippen LogP contribution is -2.10. The first-order valence-electron chi connectivity index (χ1n) is 21.8. The van der Waals surface area contributed by atoms with Crippen LogP contribution in [0.5, 0.6) is 0 Å². The molecule has 0 aliphatic carbocycles. The van der Waals surface area contributed by atoms with E-state index in [1.807, 2.05) is 12.1 Å². The van der Waals surface area contributed by atoms with Crippen LogP contribution in [0.4, 0.5) is 17.1 Å². The molecule has 13 aromatic rings. The average Bonchev–Trinajstić information content (AvgIpc) is 4.05. The number of fused-ring (bicyclic) bond motifs is 9. The lowest BCUT2D eigenvalue weighted by atomic mass is 9.97. The van der Waals surface area contributed by atoms with Gasteiger partial charge in [-0.3, -0.25) is 0 Å². The number of rotatable bonds is 7. The Labute approximate surface area is 369 Å². The van der Waals surface area contributed by atoms with Crippen molar-refractivity contribution >= 4 is 82.7 Å². The van der Waals surface area contributed by atoms with Gasteiger partial charge in [-0.05, 0) is 95.1 Å². The highest BCUT2D eigenvalue weighted by molar-refractivity contribution is 6.18. The molecule has 4 nitrogen and oxygen atoms in total. The van der Waals surface area contributed by atoms with Crippen LogP contribution in [0.2, 0.25) is 0 Å². The molecule has 300 valence electrons. The molecule has 0 saturated heterocycles. The SMILES string of the molecule is c1ccc(-c2ccc(N(c3ccc(-c4cccc5oc6ccccc6c45)cc3)c3ccc(-c4ccccc4-n4c5ccccc5c5ccccc54)c4oc5ccccc5c34)cc2)cc1. The number of benzene rings is 10. The lowest BCUT2D eigenvalue weighted by Gasteiger charge is -2.27. The summed E-state index contributed by atoms with van der Waals surface area (Å²) in [5, 5.41) is 6.81. The van der Waals surface area contributed by atoms with Gasteiger partial charge in [0.15, 0.2) is 0 Å².